The SMILES string of the molecule is c1ccc([Te]CC2COc3ccccc32)cc1. The fraction of sp³-hybridized carbons (Fsp3) is 0.200. The number of hydrogen-bond donors (Lipinski definition) is 0. The third-order valence-corrected chi connectivity index (χ3v) is 6.35. The van der Waals surface area contributed by atoms with Gasteiger partial charge in [0, 0.05) is 0 Å². The molecule has 1 atom stereocenters. The van der Waals surface area contributed by atoms with E-state index in [1.165, 1.54) is 10.0 Å². The standard InChI is InChI=1S/C15H14OTe/c1-2-6-13(7-3-1)17-11-12-10-16-15-9-5-4-8-14(12)15/h1-9,12H,10-11H2. The van der Waals surface area contributed by atoms with Gasteiger partial charge in [-0.05, 0) is 0 Å². The van der Waals surface area contributed by atoms with E-state index in [2.05, 4.69) is 54.6 Å². The third-order valence-electron chi connectivity index (χ3n) is 2.99. The summed E-state index contributed by atoms with van der Waals surface area (Å²) in [6.07, 6.45) is 0. The van der Waals surface area contributed by atoms with Crippen molar-refractivity contribution in [1.29, 1.82) is 0 Å². The van der Waals surface area contributed by atoms with E-state index in [0.29, 0.717) is 5.92 Å². The summed E-state index contributed by atoms with van der Waals surface area (Å²) < 4.78 is 8.56. The molecule has 2 heteroatoms. The van der Waals surface area contributed by atoms with E-state index in [4.69, 9.17) is 4.74 Å². The van der Waals surface area contributed by atoms with Crippen LogP contribution in [-0.4, -0.2) is 27.5 Å². The third kappa shape index (κ3) is 2.49. The molecule has 1 unspecified atom stereocenters. The van der Waals surface area contributed by atoms with E-state index in [-0.39, 0.29) is 20.9 Å². The number of benzene rings is 2. The first-order chi connectivity index (χ1) is 8.43. The molecule has 0 spiro atoms. The molecule has 86 valence electrons. The first-order valence-electron chi connectivity index (χ1n) is 5.83. The van der Waals surface area contributed by atoms with Gasteiger partial charge in [-0.3, -0.25) is 0 Å². The minimum atomic E-state index is -0.0779. The van der Waals surface area contributed by atoms with Crippen LogP contribution in [0.25, 0.3) is 0 Å². The molecule has 0 saturated heterocycles. The predicted molar refractivity (Wildman–Crippen MR) is 71.3 cm³/mol. The van der Waals surface area contributed by atoms with Crippen molar-refractivity contribution in [2.75, 3.05) is 6.61 Å². The van der Waals surface area contributed by atoms with Gasteiger partial charge in [-0.2, -0.15) is 0 Å². The fourth-order valence-corrected chi connectivity index (χ4v) is 4.99. The van der Waals surface area contributed by atoms with Crippen molar-refractivity contribution in [2.45, 2.75) is 10.4 Å². The first kappa shape index (κ1) is 11.1. The van der Waals surface area contributed by atoms with Crippen LogP contribution in [-0.2, 0) is 0 Å². The molecule has 1 nitrogen and oxygen atoms in total. The first-order valence-corrected chi connectivity index (χ1v) is 8.64. The molecule has 0 fully saturated rings. The Labute approximate surface area is 112 Å². The minimum absolute atomic E-state index is 0.0779. The van der Waals surface area contributed by atoms with Crippen LogP contribution in [0.4, 0.5) is 0 Å². The van der Waals surface area contributed by atoms with Gasteiger partial charge in [0.05, 0.1) is 0 Å². The Morgan fingerprint density at radius 3 is 2.65 bits per heavy atom. The molecular formula is C15H14OTe. The monoisotopic (exact) mass is 340 g/mol. The molecule has 2 aromatic carbocycles. The Balaban J connectivity index is 1.68. The molecule has 1 heterocycles. The van der Waals surface area contributed by atoms with Gasteiger partial charge in [0.15, 0.2) is 0 Å². The molecule has 0 aliphatic carbocycles. The van der Waals surface area contributed by atoms with E-state index in [0.717, 1.165) is 12.4 Å². The number of para-hydroxylation sites is 1. The molecule has 2 aromatic rings. The molecule has 0 amide bonds. The van der Waals surface area contributed by atoms with E-state index in [1.54, 1.807) is 3.61 Å². The van der Waals surface area contributed by atoms with Crippen molar-refractivity contribution in [3.8, 4) is 5.75 Å². The summed E-state index contributed by atoms with van der Waals surface area (Å²) in [6.45, 7) is 0.872. The van der Waals surface area contributed by atoms with Crippen molar-refractivity contribution < 1.29 is 4.74 Å². The van der Waals surface area contributed by atoms with Crippen molar-refractivity contribution in [3.05, 3.63) is 60.2 Å². The van der Waals surface area contributed by atoms with Gasteiger partial charge >= 0.3 is 112 Å². The van der Waals surface area contributed by atoms with E-state index < -0.39 is 0 Å². The van der Waals surface area contributed by atoms with E-state index in [9.17, 15) is 0 Å². The van der Waals surface area contributed by atoms with E-state index >= 15 is 0 Å². The molecule has 3 rings (SSSR count). The summed E-state index contributed by atoms with van der Waals surface area (Å²) >= 11 is -0.0779. The molecule has 1 aliphatic rings. The van der Waals surface area contributed by atoms with Crippen LogP contribution in [0.5, 0.6) is 5.75 Å². The molecule has 0 radical (unpaired) electrons. The summed E-state index contributed by atoms with van der Waals surface area (Å²) in [5, 5.41) is 0. The van der Waals surface area contributed by atoms with Gasteiger partial charge in [-0.15, -0.1) is 0 Å². The van der Waals surface area contributed by atoms with Crippen LogP contribution in [0.15, 0.2) is 54.6 Å². The Bertz CT molecular complexity index is 495. The van der Waals surface area contributed by atoms with Crippen LogP contribution < -0.4 is 8.35 Å². The van der Waals surface area contributed by atoms with Gasteiger partial charge in [-0.1, -0.05) is 0 Å². The van der Waals surface area contributed by atoms with Crippen molar-refractivity contribution in [2.24, 2.45) is 0 Å². The number of rotatable bonds is 3. The molecule has 0 aromatic heterocycles. The van der Waals surface area contributed by atoms with Crippen LogP contribution >= 0.6 is 0 Å². The van der Waals surface area contributed by atoms with Crippen molar-refractivity contribution in [1.82, 2.24) is 0 Å². The Morgan fingerprint density at radius 1 is 1.00 bits per heavy atom. The van der Waals surface area contributed by atoms with Crippen LogP contribution in [0, 0.1) is 0 Å². The van der Waals surface area contributed by atoms with Gasteiger partial charge in [0.25, 0.3) is 0 Å². The van der Waals surface area contributed by atoms with Crippen LogP contribution in [0.2, 0.25) is 4.47 Å². The number of hydrogen-bond acceptors (Lipinski definition) is 1. The summed E-state index contributed by atoms with van der Waals surface area (Å²) in [6, 6.07) is 19.3. The predicted octanol–water partition coefficient (Wildman–Crippen LogP) is 2.61. The Morgan fingerprint density at radius 2 is 1.76 bits per heavy atom. The maximum atomic E-state index is 5.72. The zero-order valence-corrected chi connectivity index (χ0v) is 11.8. The summed E-state index contributed by atoms with van der Waals surface area (Å²) in [5.41, 5.74) is 1.41. The zero-order chi connectivity index (χ0) is 11.5. The van der Waals surface area contributed by atoms with Crippen molar-refractivity contribution in [3.63, 3.8) is 0 Å². The van der Waals surface area contributed by atoms with Gasteiger partial charge < -0.3 is 0 Å². The Hall–Kier alpha value is -0.970. The average Bonchev–Trinajstić information content (AvgIpc) is 2.81. The van der Waals surface area contributed by atoms with Gasteiger partial charge in [0.1, 0.15) is 0 Å². The summed E-state index contributed by atoms with van der Waals surface area (Å²) in [7, 11) is 0. The molecule has 17 heavy (non-hydrogen) atoms. The maximum absolute atomic E-state index is 5.72. The molecule has 0 bridgehead atoms. The topological polar surface area (TPSA) is 9.23 Å². The Kier molecular flexibility index (Phi) is 3.36. The average molecular weight is 338 g/mol. The van der Waals surface area contributed by atoms with Crippen LogP contribution in [0.3, 0.4) is 0 Å². The second-order valence-electron chi connectivity index (χ2n) is 4.17. The fourth-order valence-electron chi connectivity index (χ4n) is 2.08. The second-order valence-corrected chi connectivity index (χ2v) is 7.29. The number of ether oxygens (including phenoxy) is 1. The second kappa shape index (κ2) is 5.12. The van der Waals surface area contributed by atoms with Crippen LogP contribution in [0.1, 0.15) is 11.5 Å². The van der Waals surface area contributed by atoms with Crippen molar-refractivity contribution >= 4 is 24.5 Å². The zero-order valence-electron chi connectivity index (χ0n) is 9.50. The summed E-state index contributed by atoms with van der Waals surface area (Å²) in [5.74, 6) is 1.71. The quantitative estimate of drug-likeness (QED) is 0.782. The number of fused-ring (bicyclic) bond motifs is 1. The van der Waals surface area contributed by atoms with Gasteiger partial charge in [0.2, 0.25) is 0 Å². The van der Waals surface area contributed by atoms with E-state index in [1.807, 2.05) is 0 Å². The van der Waals surface area contributed by atoms with Gasteiger partial charge in [-0.25, -0.2) is 0 Å². The molecule has 0 N–H and O–H groups in total. The molecule has 1 aliphatic heterocycles. The molecule has 0 saturated carbocycles. The summed E-state index contributed by atoms with van der Waals surface area (Å²) in [4.78, 5) is 0. The molecular weight excluding hydrogens is 324 g/mol. The normalized spacial score (nSPS) is 17.5.